The molecule has 0 aliphatic carbocycles. The fourth-order valence-electron chi connectivity index (χ4n) is 2.22. The number of nitrogens with one attached hydrogen (secondary N) is 1. The van der Waals surface area contributed by atoms with E-state index in [4.69, 9.17) is 0 Å². The van der Waals surface area contributed by atoms with Gasteiger partial charge in [0.1, 0.15) is 0 Å². The van der Waals surface area contributed by atoms with Crippen LogP contribution >= 0.6 is 11.3 Å². The lowest BCUT2D eigenvalue weighted by atomic mass is 10.1. The van der Waals surface area contributed by atoms with Crippen molar-refractivity contribution >= 4 is 17.3 Å². The van der Waals surface area contributed by atoms with Crippen LogP contribution in [0.1, 0.15) is 21.8 Å². The first-order valence-electron chi connectivity index (χ1n) is 7.28. The Bertz CT molecular complexity index is 709. The second kappa shape index (κ2) is 7.65. The van der Waals surface area contributed by atoms with Gasteiger partial charge in [0, 0.05) is 26.0 Å². The SMILES string of the molecule is CN=C(NCc1cccc(C(F)(F)F)c1)N(C)Cc1csc(C)n1. The van der Waals surface area contributed by atoms with Crippen molar-refractivity contribution in [3.05, 3.63) is 51.5 Å². The molecule has 0 spiro atoms. The number of thiazole rings is 1. The van der Waals surface area contributed by atoms with Crippen molar-refractivity contribution in [2.45, 2.75) is 26.2 Å². The minimum Gasteiger partial charge on any atom is -0.352 e. The molecule has 0 aliphatic rings. The third-order valence-corrected chi connectivity index (χ3v) is 4.17. The summed E-state index contributed by atoms with van der Waals surface area (Å²) in [5, 5.41) is 6.04. The maximum Gasteiger partial charge on any atom is 0.416 e. The zero-order valence-electron chi connectivity index (χ0n) is 13.7. The highest BCUT2D eigenvalue weighted by molar-refractivity contribution is 7.09. The summed E-state index contributed by atoms with van der Waals surface area (Å²) in [5.41, 5.74) is 0.828. The fourth-order valence-corrected chi connectivity index (χ4v) is 2.83. The minimum atomic E-state index is -4.34. The van der Waals surface area contributed by atoms with Gasteiger partial charge in [-0.05, 0) is 24.6 Å². The molecule has 0 saturated heterocycles. The first kappa shape index (κ1) is 18.3. The van der Waals surface area contributed by atoms with Crippen molar-refractivity contribution in [2.24, 2.45) is 4.99 Å². The van der Waals surface area contributed by atoms with Gasteiger partial charge in [0.15, 0.2) is 5.96 Å². The largest absolute Gasteiger partial charge is 0.416 e. The molecule has 0 radical (unpaired) electrons. The van der Waals surface area contributed by atoms with E-state index in [9.17, 15) is 13.2 Å². The molecule has 2 rings (SSSR count). The highest BCUT2D eigenvalue weighted by Crippen LogP contribution is 2.29. The van der Waals surface area contributed by atoms with Gasteiger partial charge in [0.2, 0.25) is 0 Å². The maximum absolute atomic E-state index is 12.7. The Balaban J connectivity index is 1.98. The van der Waals surface area contributed by atoms with Crippen molar-refractivity contribution in [1.82, 2.24) is 15.2 Å². The van der Waals surface area contributed by atoms with Gasteiger partial charge in [0.25, 0.3) is 0 Å². The molecule has 0 saturated carbocycles. The Morgan fingerprint density at radius 3 is 2.71 bits per heavy atom. The van der Waals surface area contributed by atoms with E-state index < -0.39 is 11.7 Å². The summed E-state index contributed by atoms with van der Waals surface area (Å²) >= 11 is 1.58. The van der Waals surface area contributed by atoms with Gasteiger partial charge in [-0.2, -0.15) is 13.2 Å². The molecule has 1 aromatic heterocycles. The van der Waals surface area contributed by atoms with E-state index in [1.54, 1.807) is 24.5 Å². The maximum atomic E-state index is 12.7. The van der Waals surface area contributed by atoms with Crippen molar-refractivity contribution < 1.29 is 13.2 Å². The molecule has 1 aromatic carbocycles. The van der Waals surface area contributed by atoms with E-state index in [-0.39, 0.29) is 6.54 Å². The third kappa shape index (κ3) is 4.95. The molecule has 1 N–H and O–H groups in total. The lowest BCUT2D eigenvalue weighted by Gasteiger charge is -2.21. The van der Waals surface area contributed by atoms with E-state index >= 15 is 0 Å². The van der Waals surface area contributed by atoms with Crippen molar-refractivity contribution in [1.29, 1.82) is 0 Å². The lowest BCUT2D eigenvalue weighted by Crippen LogP contribution is -2.38. The number of aryl methyl sites for hydroxylation is 1. The minimum absolute atomic E-state index is 0.261. The van der Waals surface area contributed by atoms with Crippen molar-refractivity contribution in [2.75, 3.05) is 14.1 Å². The predicted octanol–water partition coefficient (Wildman–Crippen LogP) is 3.68. The van der Waals surface area contributed by atoms with Gasteiger partial charge in [-0.3, -0.25) is 4.99 Å². The lowest BCUT2D eigenvalue weighted by molar-refractivity contribution is -0.137. The summed E-state index contributed by atoms with van der Waals surface area (Å²) in [4.78, 5) is 10.4. The summed E-state index contributed by atoms with van der Waals surface area (Å²) in [5.74, 6) is 0.595. The van der Waals surface area contributed by atoms with Crippen LogP contribution in [-0.4, -0.2) is 29.9 Å². The third-order valence-electron chi connectivity index (χ3n) is 3.34. The van der Waals surface area contributed by atoms with E-state index in [1.165, 1.54) is 6.07 Å². The second-order valence-corrected chi connectivity index (χ2v) is 6.38. The van der Waals surface area contributed by atoms with Crippen LogP contribution in [0.4, 0.5) is 13.2 Å². The van der Waals surface area contributed by atoms with Crippen LogP contribution in [0.3, 0.4) is 0 Å². The highest BCUT2D eigenvalue weighted by Gasteiger charge is 2.30. The summed E-state index contributed by atoms with van der Waals surface area (Å²) in [6.45, 7) is 2.78. The predicted molar refractivity (Wildman–Crippen MR) is 90.0 cm³/mol. The molecule has 0 amide bonds. The molecule has 24 heavy (non-hydrogen) atoms. The van der Waals surface area contributed by atoms with E-state index in [0.717, 1.165) is 22.8 Å². The number of aliphatic imine (C=N–C) groups is 1. The van der Waals surface area contributed by atoms with E-state index in [2.05, 4.69) is 15.3 Å². The molecule has 0 fully saturated rings. The number of aromatic nitrogens is 1. The monoisotopic (exact) mass is 356 g/mol. The number of guanidine groups is 1. The molecule has 130 valence electrons. The Morgan fingerprint density at radius 1 is 1.38 bits per heavy atom. The topological polar surface area (TPSA) is 40.5 Å². The van der Waals surface area contributed by atoms with Crippen LogP contribution in [0.15, 0.2) is 34.6 Å². The van der Waals surface area contributed by atoms with Gasteiger partial charge in [-0.15, -0.1) is 11.3 Å². The molecule has 0 unspecified atom stereocenters. The zero-order valence-corrected chi connectivity index (χ0v) is 14.5. The number of hydrogen-bond acceptors (Lipinski definition) is 3. The quantitative estimate of drug-likeness (QED) is 0.671. The molecule has 2 aromatic rings. The smallest absolute Gasteiger partial charge is 0.352 e. The Morgan fingerprint density at radius 2 is 2.12 bits per heavy atom. The molecule has 0 aliphatic heterocycles. The number of halogens is 3. The molecular formula is C16H19F3N4S. The molecular weight excluding hydrogens is 337 g/mol. The van der Waals surface area contributed by atoms with Gasteiger partial charge >= 0.3 is 6.18 Å². The standard InChI is InChI=1S/C16H19F3N4S/c1-11-22-14(10-24-11)9-23(3)15(20-2)21-8-12-5-4-6-13(7-12)16(17,18)19/h4-7,10H,8-9H2,1-3H3,(H,20,21). The fraction of sp³-hybridized carbons (Fsp3) is 0.375. The van der Waals surface area contributed by atoms with Crippen LogP contribution in [0.2, 0.25) is 0 Å². The highest BCUT2D eigenvalue weighted by atomic mass is 32.1. The first-order chi connectivity index (χ1) is 11.3. The van der Waals surface area contributed by atoms with Gasteiger partial charge in [-0.25, -0.2) is 4.98 Å². The first-order valence-corrected chi connectivity index (χ1v) is 8.16. The summed E-state index contributed by atoms with van der Waals surface area (Å²) < 4.78 is 38.2. The van der Waals surface area contributed by atoms with Crippen molar-refractivity contribution in [3.63, 3.8) is 0 Å². The van der Waals surface area contributed by atoms with Gasteiger partial charge in [0.05, 0.1) is 22.8 Å². The molecule has 0 atom stereocenters. The van der Waals surface area contributed by atoms with Crippen LogP contribution in [-0.2, 0) is 19.3 Å². The molecule has 1 heterocycles. The van der Waals surface area contributed by atoms with Gasteiger partial charge in [-0.1, -0.05) is 12.1 Å². The summed E-state index contributed by atoms with van der Waals surface area (Å²) in [7, 11) is 3.49. The Labute approximate surface area is 143 Å². The number of nitrogens with zero attached hydrogens (tertiary/aromatic N) is 3. The van der Waals surface area contributed by atoms with Crippen LogP contribution in [0.25, 0.3) is 0 Å². The molecule has 8 heteroatoms. The average Bonchev–Trinajstić information content (AvgIpc) is 2.92. The molecule has 4 nitrogen and oxygen atoms in total. The number of hydrogen-bond donors (Lipinski definition) is 1. The summed E-state index contributed by atoms with van der Waals surface area (Å²) in [6, 6.07) is 5.27. The number of benzene rings is 1. The zero-order chi connectivity index (χ0) is 17.7. The Hall–Kier alpha value is -2.09. The normalized spacial score (nSPS) is 12.3. The van der Waals surface area contributed by atoms with Crippen LogP contribution < -0.4 is 5.32 Å². The second-order valence-electron chi connectivity index (χ2n) is 5.31. The Kier molecular flexibility index (Phi) is 5.82. The molecule has 0 bridgehead atoms. The van der Waals surface area contributed by atoms with Crippen LogP contribution in [0, 0.1) is 6.92 Å². The van der Waals surface area contributed by atoms with E-state index in [0.29, 0.717) is 18.1 Å². The van der Waals surface area contributed by atoms with Crippen LogP contribution in [0.5, 0.6) is 0 Å². The number of rotatable bonds is 4. The van der Waals surface area contributed by atoms with Gasteiger partial charge < -0.3 is 10.2 Å². The summed E-state index contributed by atoms with van der Waals surface area (Å²) in [6.07, 6.45) is -4.34. The number of alkyl halides is 3. The van der Waals surface area contributed by atoms with E-state index in [1.807, 2.05) is 24.3 Å². The average molecular weight is 356 g/mol. The van der Waals surface area contributed by atoms with Crippen molar-refractivity contribution in [3.8, 4) is 0 Å².